The first-order valence-corrected chi connectivity index (χ1v) is 6.39. The monoisotopic (exact) mass is 278 g/mol. The molecule has 0 unspecified atom stereocenters. The summed E-state index contributed by atoms with van der Waals surface area (Å²) in [4.78, 5) is 4.21. The van der Waals surface area contributed by atoms with Gasteiger partial charge in [0.25, 0.3) is 0 Å². The Morgan fingerprint density at radius 3 is 2.70 bits per heavy atom. The molecule has 1 aromatic heterocycles. The summed E-state index contributed by atoms with van der Waals surface area (Å²) in [6.07, 6.45) is 1.72. The van der Waals surface area contributed by atoms with Crippen LogP contribution in [0.2, 0.25) is 0 Å². The van der Waals surface area contributed by atoms with Crippen molar-refractivity contribution in [2.75, 3.05) is 6.54 Å². The van der Waals surface area contributed by atoms with Crippen LogP contribution in [-0.2, 0) is 6.54 Å². The molecular formula is C15H16F2N2O. The van der Waals surface area contributed by atoms with E-state index in [2.05, 4.69) is 10.3 Å². The van der Waals surface area contributed by atoms with Gasteiger partial charge in [-0.2, -0.15) is 0 Å². The van der Waals surface area contributed by atoms with Crippen LogP contribution in [0, 0.1) is 18.6 Å². The predicted molar refractivity (Wildman–Crippen MR) is 72.8 cm³/mol. The number of ether oxygens (including phenoxy) is 1. The number of aryl methyl sites for hydroxylation is 1. The highest BCUT2D eigenvalue weighted by molar-refractivity contribution is 5.37. The van der Waals surface area contributed by atoms with E-state index in [0.29, 0.717) is 12.3 Å². The molecule has 1 heterocycles. The summed E-state index contributed by atoms with van der Waals surface area (Å²) in [5.41, 5.74) is 1.66. The van der Waals surface area contributed by atoms with Gasteiger partial charge in [0.1, 0.15) is 11.5 Å². The van der Waals surface area contributed by atoms with E-state index in [-0.39, 0.29) is 5.75 Å². The van der Waals surface area contributed by atoms with E-state index in [0.717, 1.165) is 29.9 Å². The number of nitrogens with zero attached hydrogens (tertiary/aromatic N) is 1. The van der Waals surface area contributed by atoms with Crippen LogP contribution in [0.1, 0.15) is 18.2 Å². The molecule has 3 nitrogen and oxygen atoms in total. The number of nitrogens with one attached hydrogen (secondary N) is 1. The number of rotatable bonds is 5. The topological polar surface area (TPSA) is 34.2 Å². The van der Waals surface area contributed by atoms with Gasteiger partial charge in [0, 0.05) is 36.1 Å². The molecule has 0 saturated carbocycles. The first-order chi connectivity index (χ1) is 9.60. The highest BCUT2D eigenvalue weighted by atomic mass is 19.2. The molecule has 0 aliphatic rings. The number of pyridine rings is 1. The van der Waals surface area contributed by atoms with Gasteiger partial charge in [0.2, 0.25) is 0 Å². The Balaban J connectivity index is 2.26. The maximum atomic E-state index is 13.2. The molecule has 0 atom stereocenters. The van der Waals surface area contributed by atoms with E-state index in [1.54, 1.807) is 12.3 Å². The van der Waals surface area contributed by atoms with Crippen molar-refractivity contribution < 1.29 is 13.5 Å². The van der Waals surface area contributed by atoms with Crippen molar-refractivity contribution in [3.05, 3.63) is 53.4 Å². The van der Waals surface area contributed by atoms with Gasteiger partial charge in [-0.25, -0.2) is 8.78 Å². The quantitative estimate of drug-likeness (QED) is 0.908. The Bertz CT molecular complexity index is 602. The van der Waals surface area contributed by atoms with E-state index in [1.165, 1.54) is 6.07 Å². The van der Waals surface area contributed by atoms with Gasteiger partial charge in [-0.1, -0.05) is 6.92 Å². The molecule has 0 aliphatic heterocycles. The van der Waals surface area contributed by atoms with E-state index in [9.17, 15) is 8.78 Å². The first kappa shape index (κ1) is 14.4. The van der Waals surface area contributed by atoms with Crippen molar-refractivity contribution in [3.8, 4) is 11.5 Å². The van der Waals surface area contributed by atoms with Gasteiger partial charge in [0.15, 0.2) is 11.6 Å². The fraction of sp³-hybridized carbons (Fsp3) is 0.267. The molecule has 1 N–H and O–H groups in total. The van der Waals surface area contributed by atoms with Gasteiger partial charge in [0.05, 0.1) is 0 Å². The Labute approximate surface area is 116 Å². The largest absolute Gasteiger partial charge is 0.457 e. The third-order valence-electron chi connectivity index (χ3n) is 2.76. The highest BCUT2D eigenvalue weighted by Crippen LogP contribution is 2.26. The Hall–Kier alpha value is -2.01. The average molecular weight is 278 g/mol. The number of hydrogen-bond donors (Lipinski definition) is 1. The van der Waals surface area contributed by atoms with Gasteiger partial charge >= 0.3 is 0 Å². The second kappa shape index (κ2) is 6.43. The van der Waals surface area contributed by atoms with Crippen molar-refractivity contribution in [1.29, 1.82) is 0 Å². The van der Waals surface area contributed by atoms with Gasteiger partial charge < -0.3 is 10.1 Å². The third-order valence-corrected chi connectivity index (χ3v) is 2.76. The fourth-order valence-corrected chi connectivity index (χ4v) is 1.72. The summed E-state index contributed by atoms with van der Waals surface area (Å²) in [6, 6.07) is 5.24. The smallest absolute Gasteiger partial charge is 0.162 e. The second-order valence-electron chi connectivity index (χ2n) is 4.39. The lowest BCUT2D eigenvalue weighted by Crippen LogP contribution is -2.12. The average Bonchev–Trinajstić information content (AvgIpc) is 2.42. The van der Waals surface area contributed by atoms with Crippen molar-refractivity contribution in [2.24, 2.45) is 0 Å². The normalized spacial score (nSPS) is 10.6. The minimum atomic E-state index is -0.929. The SMILES string of the molecule is CCNCc1cnc(C)cc1Oc1ccc(F)c(F)c1. The highest BCUT2D eigenvalue weighted by Gasteiger charge is 2.08. The molecule has 2 rings (SSSR count). The standard InChI is InChI=1S/C15H16F2N2O/c1-3-18-8-11-9-19-10(2)6-15(11)20-12-4-5-13(16)14(17)7-12/h4-7,9,18H,3,8H2,1-2H3. The van der Waals surface area contributed by atoms with E-state index >= 15 is 0 Å². The molecule has 0 fully saturated rings. The first-order valence-electron chi connectivity index (χ1n) is 6.39. The zero-order chi connectivity index (χ0) is 14.5. The zero-order valence-electron chi connectivity index (χ0n) is 11.4. The summed E-state index contributed by atoms with van der Waals surface area (Å²) in [5.74, 6) is -0.977. The van der Waals surface area contributed by atoms with Crippen LogP contribution in [0.4, 0.5) is 8.78 Å². The van der Waals surface area contributed by atoms with Gasteiger partial charge in [-0.3, -0.25) is 4.98 Å². The second-order valence-corrected chi connectivity index (χ2v) is 4.39. The van der Waals surface area contributed by atoms with Crippen LogP contribution in [0.15, 0.2) is 30.5 Å². The van der Waals surface area contributed by atoms with Crippen molar-refractivity contribution >= 4 is 0 Å². The molecule has 1 aromatic carbocycles. The molecule has 0 saturated heterocycles. The molecule has 0 radical (unpaired) electrons. The van der Waals surface area contributed by atoms with Crippen molar-refractivity contribution in [2.45, 2.75) is 20.4 Å². The molecule has 0 amide bonds. The number of halogens is 2. The lowest BCUT2D eigenvalue weighted by atomic mass is 10.2. The van der Waals surface area contributed by atoms with Crippen molar-refractivity contribution in [3.63, 3.8) is 0 Å². The molecular weight excluding hydrogens is 262 g/mol. The number of hydrogen-bond acceptors (Lipinski definition) is 3. The van der Waals surface area contributed by atoms with Gasteiger partial charge in [-0.05, 0) is 25.6 Å². The van der Waals surface area contributed by atoms with Crippen LogP contribution < -0.4 is 10.1 Å². The molecule has 2 aromatic rings. The lowest BCUT2D eigenvalue weighted by Gasteiger charge is -2.12. The van der Waals surface area contributed by atoms with Crippen LogP contribution in [0.25, 0.3) is 0 Å². The van der Waals surface area contributed by atoms with Gasteiger partial charge in [-0.15, -0.1) is 0 Å². The molecule has 20 heavy (non-hydrogen) atoms. The minimum Gasteiger partial charge on any atom is -0.457 e. The number of aromatic nitrogens is 1. The molecule has 0 bridgehead atoms. The Morgan fingerprint density at radius 1 is 1.20 bits per heavy atom. The molecule has 106 valence electrons. The van der Waals surface area contributed by atoms with Crippen molar-refractivity contribution in [1.82, 2.24) is 10.3 Å². The maximum Gasteiger partial charge on any atom is 0.162 e. The van der Waals surface area contributed by atoms with E-state index < -0.39 is 11.6 Å². The Morgan fingerprint density at radius 2 is 2.00 bits per heavy atom. The summed E-state index contributed by atoms with van der Waals surface area (Å²) >= 11 is 0. The van der Waals surface area contributed by atoms with Crippen LogP contribution in [0.5, 0.6) is 11.5 Å². The maximum absolute atomic E-state index is 13.2. The summed E-state index contributed by atoms with van der Waals surface area (Å²) in [5, 5.41) is 3.18. The summed E-state index contributed by atoms with van der Waals surface area (Å²) in [6.45, 7) is 5.26. The Kier molecular flexibility index (Phi) is 4.63. The zero-order valence-corrected chi connectivity index (χ0v) is 11.4. The predicted octanol–water partition coefficient (Wildman–Crippen LogP) is 3.57. The minimum absolute atomic E-state index is 0.257. The van der Waals surface area contributed by atoms with Crippen LogP contribution in [-0.4, -0.2) is 11.5 Å². The fourth-order valence-electron chi connectivity index (χ4n) is 1.72. The van der Waals surface area contributed by atoms with Crippen LogP contribution >= 0.6 is 0 Å². The molecule has 0 aliphatic carbocycles. The summed E-state index contributed by atoms with van der Waals surface area (Å²) in [7, 11) is 0. The van der Waals surface area contributed by atoms with Crippen LogP contribution in [0.3, 0.4) is 0 Å². The summed E-state index contributed by atoms with van der Waals surface area (Å²) < 4.78 is 31.7. The molecule has 5 heteroatoms. The van der Waals surface area contributed by atoms with E-state index in [4.69, 9.17) is 4.74 Å². The number of benzene rings is 1. The lowest BCUT2D eigenvalue weighted by molar-refractivity contribution is 0.454. The van der Waals surface area contributed by atoms with E-state index in [1.807, 2.05) is 13.8 Å². The molecule has 0 spiro atoms. The third kappa shape index (κ3) is 3.51.